The lowest BCUT2D eigenvalue weighted by Gasteiger charge is -2.26. The Morgan fingerprint density at radius 2 is 1.17 bits per heavy atom. The van der Waals surface area contributed by atoms with Crippen molar-refractivity contribution in [3.8, 4) is 57.3 Å². The molecular formula is C50H25F3N6. The maximum Gasteiger partial charge on any atom is 0.417 e. The number of fused-ring (bicyclic) bond motifs is 6. The molecule has 59 heavy (non-hydrogen) atoms. The number of aromatic nitrogens is 1. The minimum atomic E-state index is -4.73. The van der Waals surface area contributed by atoms with Crippen LogP contribution in [0.4, 0.5) is 24.5 Å². The van der Waals surface area contributed by atoms with Gasteiger partial charge in [-0.05, 0) is 129 Å². The van der Waals surface area contributed by atoms with Gasteiger partial charge >= 0.3 is 6.18 Å². The van der Waals surface area contributed by atoms with Crippen LogP contribution in [-0.2, 0) is 6.18 Å². The van der Waals surface area contributed by atoms with Gasteiger partial charge < -0.3 is 4.57 Å². The fourth-order valence-electron chi connectivity index (χ4n) is 8.76. The molecular weight excluding hydrogens is 742 g/mol. The summed E-state index contributed by atoms with van der Waals surface area (Å²) in [5.41, 5.74) is 7.94. The van der Waals surface area contributed by atoms with Crippen molar-refractivity contribution in [2.24, 2.45) is 0 Å². The van der Waals surface area contributed by atoms with E-state index < -0.39 is 17.7 Å². The molecule has 6 nitrogen and oxygen atoms in total. The molecule has 0 aliphatic heterocycles. The van der Waals surface area contributed by atoms with Crippen molar-refractivity contribution in [3.05, 3.63) is 195 Å². The summed E-state index contributed by atoms with van der Waals surface area (Å²) in [7, 11) is 0. The molecule has 0 fully saturated rings. The number of hydrogen-bond donors (Lipinski definition) is 0. The number of rotatable bonds is 4. The Bertz CT molecular complexity index is 3220. The summed E-state index contributed by atoms with van der Waals surface area (Å²) in [6.45, 7) is 18.0. The minimum absolute atomic E-state index is 0.0324. The van der Waals surface area contributed by atoms with Gasteiger partial charge in [0.1, 0.15) is 0 Å². The summed E-state index contributed by atoms with van der Waals surface area (Å²) in [6.07, 6.45) is -4.73. The van der Waals surface area contributed by atoms with Crippen LogP contribution in [-0.4, -0.2) is 4.57 Å². The number of benzene rings is 7. The van der Waals surface area contributed by atoms with Crippen LogP contribution in [0.15, 0.2) is 127 Å². The van der Waals surface area contributed by atoms with Crippen LogP contribution in [0.25, 0.3) is 70.6 Å². The summed E-state index contributed by atoms with van der Waals surface area (Å²) in [5, 5.41) is 31.0. The van der Waals surface area contributed by atoms with Crippen molar-refractivity contribution in [2.45, 2.75) is 19.0 Å². The molecule has 0 amide bonds. The van der Waals surface area contributed by atoms with Crippen molar-refractivity contribution in [1.82, 2.24) is 4.57 Å². The number of nitrogens with zero attached hydrogens (tertiary/aromatic N) is 6. The van der Waals surface area contributed by atoms with Crippen LogP contribution in [0.1, 0.15) is 50.4 Å². The standard InChI is InChI=1S/C50H25F3N6/c1-28-7-4-10-41(50(51,52)53)46(28)35-9-6-12-45(59-43-19-15-31(27-56)23-39(43)40-24-32(57-2)16-20-44(40)59)49(35)48-36(8-5-11-42(48)58-3)47-33-17-13-29(25-54)21-37(33)38-22-30(26-55)14-18-34(38)47/h4-24,47H,1H3. The van der Waals surface area contributed by atoms with Gasteiger partial charge in [-0.1, -0.05) is 60.7 Å². The zero-order chi connectivity index (χ0) is 41.2. The smallest absolute Gasteiger partial charge is 0.309 e. The maximum atomic E-state index is 15.2. The number of alkyl halides is 3. The van der Waals surface area contributed by atoms with Crippen LogP contribution in [0.2, 0.25) is 0 Å². The predicted molar refractivity (Wildman–Crippen MR) is 221 cm³/mol. The molecule has 0 unspecified atom stereocenters. The molecule has 1 aliphatic carbocycles. The van der Waals surface area contributed by atoms with E-state index in [1.165, 1.54) is 6.07 Å². The molecule has 1 aromatic heterocycles. The molecule has 276 valence electrons. The lowest BCUT2D eigenvalue weighted by Crippen LogP contribution is -2.10. The molecule has 8 aromatic rings. The summed E-state index contributed by atoms with van der Waals surface area (Å²) >= 11 is 0. The Kier molecular flexibility index (Phi) is 8.38. The monoisotopic (exact) mass is 766 g/mol. The first-order valence-corrected chi connectivity index (χ1v) is 18.4. The largest absolute Gasteiger partial charge is 0.417 e. The van der Waals surface area contributed by atoms with E-state index in [1.807, 2.05) is 28.8 Å². The van der Waals surface area contributed by atoms with E-state index in [-0.39, 0.29) is 16.8 Å². The lowest BCUT2D eigenvalue weighted by molar-refractivity contribution is -0.137. The topological polar surface area (TPSA) is 85.0 Å². The third kappa shape index (κ3) is 5.60. The second-order valence-corrected chi connectivity index (χ2v) is 14.3. The fraction of sp³-hybridized carbons (Fsp3) is 0.0600. The van der Waals surface area contributed by atoms with Crippen molar-refractivity contribution in [3.63, 3.8) is 0 Å². The third-order valence-electron chi connectivity index (χ3n) is 11.2. The Labute approximate surface area is 336 Å². The third-order valence-corrected chi connectivity index (χ3v) is 11.2. The van der Waals surface area contributed by atoms with Crippen molar-refractivity contribution in [2.75, 3.05) is 0 Å². The minimum Gasteiger partial charge on any atom is -0.309 e. The van der Waals surface area contributed by atoms with Gasteiger partial charge in [0.25, 0.3) is 0 Å². The molecule has 0 spiro atoms. The van der Waals surface area contributed by atoms with Gasteiger partial charge in [-0.15, -0.1) is 0 Å². The molecule has 0 saturated heterocycles. The molecule has 9 rings (SSSR count). The molecule has 0 radical (unpaired) electrons. The highest BCUT2D eigenvalue weighted by atomic mass is 19.4. The van der Waals surface area contributed by atoms with Gasteiger partial charge in [-0.3, -0.25) is 0 Å². The van der Waals surface area contributed by atoms with Gasteiger partial charge in [0, 0.05) is 16.9 Å². The van der Waals surface area contributed by atoms with Gasteiger partial charge in [-0.25, -0.2) is 9.69 Å². The van der Waals surface area contributed by atoms with Crippen molar-refractivity contribution >= 4 is 33.2 Å². The fourth-order valence-corrected chi connectivity index (χ4v) is 8.76. The molecule has 0 N–H and O–H groups in total. The van der Waals surface area contributed by atoms with Crippen LogP contribution >= 0.6 is 0 Å². The van der Waals surface area contributed by atoms with Crippen LogP contribution in [0.3, 0.4) is 0 Å². The first-order chi connectivity index (χ1) is 28.6. The lowest BCUT2D eigenvalue weighted by atomic mass is 9.80. The molecule has 0 saturated carbocycles. The summed E-state index contributed by atoms with van der Waals surface area (Å²) < 4.78 is 47.4. The first-order valence-electron chi connectivity index (χ1n) is 18.4. The predicted octanol–water partition coefficient (Wildman–Crippen LogP) is 13.3. The van der Waals surface area contributed by atoms with Crippen molar-refractivity contribution < 1.29 is 13.2 Å². The normalized spacial score (nSPS) is 11.9. The molecule has 0 atom stereocenters. The SMILES string of the molecule is [C-]#[N+]c1ccc2c(c1)c1cc(C#N)ccc1n2-c1cccc(-c2c(C)cccc2C(F)(F)F)c1-c1c([N+]#[C-])cccc1C1c2ccc(C#N)cc2-c2cc(C#N)ccc21. The van der Waals surface area contributed by atoms with Crippen LogP contribution in [0.5, 0.6) is 0 Å². The highest BCUT2D eigenvalue weighted by molar-refractivity contribution is 6.12. The quantitative estimate of drug-likeness (QED) is 0.167. The summed E-state index contributed by atoms with van der Waals surface area (Å²) in [4.78, 5) is 7.68. The number of halogens is 3. The van der Waals surface area contributed by atoms with Gasteiger partial charge in [0.15, 0.2) is 11.4 Å². The van der Waals surface area contributed by atoms with Gasteiger partial charge in [0.2, 0.25) is 0 Å². The zero-order valence-electron chi connectivity index (χ0n) is 31.0. The van der Waals surface area contributed by atoms with E-state index in [0.29, 0.717) is 72.1 Å². The molecule has 7 aromatic carbocycles. The highest BCUT2D eigenvalue weighted by Gasteiger charge is 2.37. The van der Waals surface area contributed by atoms with E-state index >= 15 is 13.2 Å². The molecule has 1 aliphatic rings. The maximum absolute atomic E-state index is 15.2. The Balaban J connectivity index is 1.48. The van der Waals surface area contributed by atoms with Gasteiger partial charge in [-0.2, -0.15) is 29.0 Å². The second kappa shape index (κ2) is 13.7. The molecule has 1 heterocycles. The Morgan fingerprint density at radius 1 is 0.576 bits per heavy atom. The van der Waals surface area contributed by atoms with Gasteiger partial charge in [0.05, 0.1) is 70.3 Å². The zero-order valence-corrected chi connectivity index (χ0v) is 31.0. The van der Waals surface area contributed by atoms with Crippen molar-refractivity contribution in [1.29, 1.82) is 15.8 Å². The van der Waals surface area contributed by atoms with E-state index in [1.54, 1.807) is 97.9 Å². The number of hydrogen-bond acceptors (Lipinski definition) is 3. The Morgan fingerprint density at radius 3 is 1.80 bits per heavy atom. The van der Waals surface area contributed by atoms with Crippen LogP contribution in [0, 0.1) is 54.1 Å². The summed E-state index contributed by atoms with van der Waals surface area (Å²) in [5.74, 6) is -0.547. The van der Waals surface area contributed by atoms with Crippen LogP contribution < -0.4 is 0 Å². The molecule has 9 heteroatoms. The van der Waals surface area contributed by atoms with E-state index in [2.05, 4.69) is 27.9 Å². The average molecular weight is 767 g/mol. The summed E-state index contributed by atoms with van der Waals surface area (Å²) in [6, 6.07) is 42.4. The first kappa shape index (κ1) is 36.2. The Hall–Kier alpha value is -8.42. The highest BCUT2D eigenvalue weighted by Crippen LogP contribution is 2.55. The van der Waals surface area contributed by atoms with E-state index in [4.69, 9.17) is 13.1 Å². The molecule has 0 bridgehead atoms. The average Bonchev–Trinajstić information content (AvgIpc) is 3.76. The number of nitriles is 3. The van der Waals surface area contributed by atoms with E-state index in [0.717, 1.165) is 28.3 Å². The van der Waals surface area contributed by atoms with E-state index in [9.17, 15) is 15.8 Å². The second-order valence-electron chi connectivity index (χ2n) is 14.3. The number of aryl methyl sites for hydroxylation is 1.